The number of fused-ring (bicyclic) bond motifs is 1. The standard InChI is InChI=1S/C18H18F3NO3/c1-24-17-9-14-11-22(6-5-13(14)8-16(17)23)10-12-3-2-4-15(7-12)25-18(19,20)21/h2-4,7-9,23H,5-6,10-11H2,1H3. The molecule has 0 saturated heterocycles. The molecule has 0 fully saturated rings. The average molecular weight is 353 g/mol. The fourth-order valence-corrected chi connectivity index (χ4v) is 3.03. The number of alkyl halides is 3. The van der Waals surface area contributed by atoms with Gasteiger partial charge in [-0.2, -0.15) is 0 Å². The largest absolute Gasteiger partial charge is 0.573 e. The third-order valence-corrected chi connectivity index (χ3v) is 4.13. The zero-order valence-electron chi connectivity index (χ0n) is 13.6. The maximum Gasteiger partial charge on any atom is 0.573 e. The van der Waals surface area contributed by atoms with E-state index in [9.17, 15) is 18.3 Å². The number of halogens is 3. The van der Waals surface area contributed by atoms with E-state index in [0.717, 1.165) is 29.7 Å². The van der Waals surface area contributed by atoms with Gasteiger partial charge in [-0.1, -0.05) is 12.1 Å². The van der Waals surface area contributed by atoms with E-state index in [2.05, 4.69) is 9.64 Å². The maximum atomic E-state index is 12.3. The minimum absolute atomic E-state index is 0.117. The monoisotopic (exact) mass is 353 g/mol. The van der Waals surface area contributed by atoms with Crippen molar-refractivity contribution in [3.05, 3.63) is 53.1 Å². The van der Waals surface area contributed by atoms with Crippen molar-refractivity contribution >= 4 is 0 Å². The van der Waals surface area contributed by atoms with Crippen molar-refractivity contribution < 1.29 is 27.8 Å². The number of aromatic hydroxyl groups is 1. The highest BCUT2D eigenvalue weighted by atomic mass is 19.4. The first-order chi connectivity index (χ1) is 11.8. The molecular weight excluding hydrogens is 335 g/mol. The Bertz CT molecular complexity index is 762. The number of rotatable bonds is 4. The van der Waals surface area contributed by atoms with Crippen LogP contribution in [0.2, 0.25) is 0 Å². The minimum Gasteiger partial charge on any atom is -0.504 e. The SMILES string of the molecule is COc1cc2c(cc1O)CCN(Cc1cccc(OC(F)(F)F)c1)C2. The summed E-state index contributed by atoms with van der Waals surface area (Å²) in [4.78, 5) is 2.13. The summed E-state index contributed by atoms with van der Waals surface area (Å²) in [5.74, 6) is 0.321. The minimum atomic E-state index is -4.69. The molecule has 0 saturated carbocycles. The van der Waals surface area contributed by atoms with Gasteiger partial charge < -0.3 is 14.6 Å². The number of phenols is 1. The molecule has 1 N–H and O–H groups in total. The summed E-state index contributed by atoms with van der Waals surface area (Å²) in [6.45, 7) is 1.90. The van der Waals surface area contributed by atoms with Gasteiger partial charge in [0.1, 0.15) is 5.75 Å². The molecule has 1 heterocycles. The molecule has 0 amide bonds. The Hall–Kier alpha value is -2.41. The van der Waals surface area contributed by atoms with Crippen molar-refractivity contribution in [3.63, 3.8) is 0 Å². The lowest BCUT2D eigenvalue weighted by Gasteiger charge is -2.29. The molecule has 0 bridgehead atoms. The van der Waals surface area contributed by atoms with Crippen molar-refractivity contribution in [1.29, 1.82) is 0 Å². The lowest BCUT2D eigenvalue weighted by Crippen LogP contribution is -2.30. The predicted molar refractivity (Wildman–Crippen MR) is 85.6 cm³/mol. The normalized spacial score (nSPS) is 14.9. The number of hydrogen-bond donors (Lipinski definition) is 1. The predicted octanol–water partition coefficient (Wildman–Crippen LogP) is 3.86. The molecule has 25 heavy (non-hydrogen) atoms. The molecule has 1 aliphatic heterocycles. The first-order valence-corrected chi connectivity index (χ1v) is 7.80. The highest BCUT2D eigenvalue weighted by Crippen LogP contribution is 2.33. The van der Waals surface area contributed by atoms with Gasteiger partial charge in [0.25, 0.3) is 0 Å². The molecule has 134 valence electrons. The zero-order valence-corrected chi connectivity index (χ0v) is 13.6. The summed E-state index contributed by atoms with van der Waals surface area (Å²) in [5.41, 5.74) is 2.85. The molecule has 0 spiro atoms. The number of ether oxygens (including phenoxy) is 2. The van der Waals surface area contributed by atoms with Crippen LogP contribution < -0.4 is 9.47 Å². The van der Waals surface area contributed by atoms with Gasteiger partial charge >= 0.3 is 6.36 Å². The lowest BCUT2D eigenvalue weighted by atomic mass is 9.98. The van der Waals surface area contributed by atoms with Gasteiger partial charge in [0.2, 0.25) is 0 Å². The highest BCUT2D eigenvalue weighted by molar-refractivity contribution is 5.47. The van der Waals surface area contributed by atoms with Crippen LogP contribution in [0.15, 0.2) is 36.4 Å². The van der Waals surface area contributed by atoms with E-state index < -0.39 is 6.36 Å². The van der Waals surface area contributed by atoms with Crippen LogP contribution in [0.4, 0.5) is 13.2 Å². The molecule has 7 heteroatoms. The Morgan fingerprint density at radius 1 is 1.16 bits per heavy atom. The number of methoxy groups -OCH3 is 1. The molecule has 3 rings (SSSR count). The second kappa shape index (κ2) is 6.84. The smallest absolute Gasteiger partial charge is 0.504 e. The maximum absolute atomic E-state index is 12.3. The summed E-state index contributed by atoms with van der Waals surface area (Å²) < 4.78 is 46.1. The Balaban J connectivity index is 1.72. The van der Waals surface area contributed by atoms with Crippen LogP contribution in [0.1, 0.15) is 16.7 Å². The topological polar surface area (TPSA) is 41.9 Å². The molecule has 2 aromatic carbocycles. The molecule has 0 unspecified atom stereocenters. The Kier molecular flexibility index (Phi) is 4.76. The molecule has 2 aromatic rings. The Morgan fingerprint density at radius 3 is 2.68 bits per heavy atom. The van der Waals surface area contributed by atoms with E-state index in [1.807, 2.05) is 0 Å². The molecular formula is C18H18F3NO3. The average Bonchev–Trinajstić information content (AvgIpc) is 2.53. The van der Waals surface area contributed by atoms with Crippen LogP contribution in [0.25, 0.3) is 0 Å². The van der Waals surface area contributed by atoms with E-state index in [4.69, 9.17) is 4.74 Å². The molecule has 0 aromatic heterocycles. The number of nitrogens with zero attached hydrogens (tertiary/aromatic N) is 1. The molecule has 4 nitrogen and oxygen atoms in total. The van der Waals surface area contributed by atoms with Gasteiger partial charge in [-0.05, 0) is 47.4 Å². The summed E-state index contributed by atoms with van der Waals surface area (Å²) in [6.07, 6.45) is -3.94. The molecule has 0 atom stereocenters. The lowest BCUT2D eigenvalue weighted by molar-refractivity contribution is -0.274. The van der Waals surface area contributed by atoms with Crippen LogP contribution in [0.3, 0.4) is 0 Å². The van der Waals surface area contributed by atoms with E-state index in [1.165, 1.54) is 19.2 Å². The van der Waals surface area contributed by atoms with Gasteiger partial charge in [0.15, 0.2) is 11.5 Å². The fourth-order valence-electron chi connectivity index (χ4n) is 3.03. The number of benzene rings is 2. The van der Waals surface area contributed by atoms with Crippen molar-refractivity contribution in [2.45, 2.75) is 25.9 Å². The van der Waals surface area contributed by atoms with E-state index in [0.29, 0.717) is 18.8 Å². The quantitative estimate of drug-likeness (QED) is 0.906. The molecule has 1 aliphatic rings. The van der Waals surface area contributed by atoms with Crippen molar-refractivity contribution in [1.82, 2.24) is 4.90 Å². The van der Waals surface area contributed by atoms with Crippen LogP contribution in [0, 0.1) is 0 Å². The van der Waals surface area contributed by atoms with Crippen molar-refractivity contribution in [2.75, 3.05) is 13.7 Å². The second-order valence-electron chi connectivity index (χ2n) is 5.95. The van der Waals surface area contributed by atoms with Gasteiger partial charge in [-0.15, -0.1) is 13.2 Å². The van der Waals surface area contributed by atoms with Crippen LogP contribution in [-0.2, 0) is 19.5 Å². The fraction of sp³-hybridized carbons (Fsp3) is 0.333. The van der Waals surface area contributed by atoms with Crippen LogP contribution in [0.5, 0.6) is 17.2 Å². The molecule has 0 radical (unpaired) electrons. The van der Waals surface area contributed by atoms with E-state index >= 15 is 0 Å². The number of hydrogen-bond acceptors (Lipinski definition) is 4. The van der Waals surface area contributed by atoms with Gasteiger partial charge in [0.05, 0.1) is 7.11 Å². The van der Waals surface area contributed by atoms with Gasteiger partial charge in [0, 0.05) is 19.6 Å². The Morgan fingerprint density at radius 2 is 1.96 bits per heavy atom. The Labute approximate surface area is 143 Å². The van der Waals surface area contributed by atoms with Crippen LogP contribution >= 0.6 is 0 Å². The number of phenolic OH excluding ortho intramolecular Hbond substituents is 1. The van der Waals surface area contributed by atoms with Gasteiger partial charge in [-0.3, -0.25) is 4.90 Å². The summed E-state index contributed by atoms with van der Waals surface area (Å²) in [6, 6.07) is 9.53. The first kappa shape index (κ1) is 17.4. The summed E-state index contributed by atoms with van der Waals surface area (Å²) >= 11 is 0. The summed E-state index contributed by atoms with van der Waals surface area (Å²) in [5, 5.41) is 9.85. The highest BCUT2D eigenvalue weighted by Gasteiger charge is 2.31. The van der Waals surface area contributed by atoms with Crippen molar-refractivity contribution in [2.24, 2.45) is 0 Å². The summed E-state index contributed by atoms with van der Waals surface area (Å²) in [7, 11) is 1.49. The molecule has 0 aliphatic carbocycles. The van der Waals surface area contributed by atoms with Gasteiger partial charge in [-0.25, -0.2) is 0 Å². The van der Waals surface area contributed by atoms with E-state index in [1.54, 1.807) is 24.3 Å². The van der Waals surface area contributed by atoms with E-state index in [-0.39, 0.29) is 11.5 Å². The zero-order chi connectivity index (χ0) is 18.0. The van der Waals surface area contributed by atoms with Crippen molar-refractivity contribution in [3.8, 4) is 17.2 Å². The third-order valence-electron chi connectivity index (χ3n) is 4.13. The second-order valence-corrected chi connectivity index (χ2v) is 5.95. The van der Waals surface area contributed by atoms with Crippen LogP contribution in [-0.4, -0.2) is 30.0 Å². The third kappa shape index (κ3) is 4.36. The first-order valence-electron chi connectivity index (χ1n) is 7.80.